The van der Waals surface area contributed by atoms with E-state index in [0.717, 1.165) is 5.56 Å². The number of carbonyl (C=O) groups excluding carboxylic acids is 4. The van der Waals surface area contributed by atoms with Gasteiger partial charge in [-0.25, -0.2) is 0 Å². The number of benzene rings is 1. The molecular formula is C22H34ClN5O4S. The molecule has 0 aliphatic carbocycles. The molecule has 0 fully saturated rings. The van der Waals surface area contributed by atoms with Gasteiger partial charge in [0.15, 0.2) is 0 Å². The first-order valence-corrected chi connectivity index (χ1v) is 12.5. The van der Waals surface area contributed by atoms with Crippen molar-refractivity contribution in [2.75, 3.05) is 18.6 Å². The Morgan fingerprint density at radius 3 is 2.21 bits per heavy atom. The summed E-state index contributed by atoms with van der Waals surface area (Å²) < 4.78 is 0. The highest BCUT2D eigenvalue weighted by Gasteiger charge is 2.26. The average Bonchev–Trinajstić information content (AvgIpc) is 2.75. The number of hydrogen-bond donors (Lipinski definition) is 5. The van der Waals surface area contributed by atoms with Crippen LogP contribution in [-0.4, -0.2) is 60.3 Å². The van der Waals surface area contributed by atoms with Crippen molar-refractivity contribution in [3.05, 3.63) is 34.9 Å². The monoisotopic (exact) mass is 499 g/mol. The van der Waals surface area contributed by atoms with Gasteiger partial charge < -0.3 is 27.4 Å². The van der Waals surface area contributed by atoms with Crippen molar-refractivity contribution in [1.29, 1.82) is 0 Å². The van der Waals surface area contributed by atoms with Gasteiger partial charge in [0.05, 0.1) is 12.6 Å². The summed E-state index contributed by atoms with van der Waals surface area (Å²) in [6, 6.07) is 4.43. The van der Waals surface area contributed by atoms with Crippen molar-refractivity contribution in [3.63, 3.8) is 0 Å². The lowest BCUT2D eigenvalue weighted by Crippen LogP contribution is -2.55. The summed E-state index contributed by atoms with van der Waals surface area (Å²) in [4.78, 5) is 49.0. The highest BCUT2D eigenvalue weighted by Crippen LogP contribution is 2.11. The second-order valence-electron chi connectivity index (χ2n) is 8.15. The van der Waals surface area contributed by atoms with Crippen LogP contribution in [0.2, 0.25) is 5.02 Å². The molecule has 0 heterocycles. The van der Waals surface area contributed by atoms with E-state index in [-0.39, 0.29) is 18.9 Å². The lowest BCUT2D eigenvalue weighted by Gasteiger charge is -2.23. The van der Waals surface area contributed by atoms with E-state index in [1.165, 1.54) is 11.8 Å². The van der Waals surface area contributed by atoms with Crippen molar-refractivity contribution in [2.24, 2.45) is 17.4 Å². The fourth-order valence-electron chi connectivity index (χ4n) is 3.01. The minimum atomic E-state index is -0.867. The fourth-order valence-corrected chi connectivity index (χ4v) is 3.60. The predicted molar refractivity (Wildman–Crippen MR) is 132 cm³/mol. The molecule has 0 bridgehead atoms. The minimum Gasteiger partial charge on any atom is -0.368 e. The number of primary amides is 1. The van der Waals surface area contributed by atoms with Crippen LogP contribution in [0.25, 0.3) is 0 Å². The van der Waals surface area contributed by atoms with Crippen LogP contribution in [-0.2, 0) is 25.6 Å². The summed E-state index contributed by atoms with van der Waals surface area (Å²) in [5.74, 6) is -1.40. The number of halogens is 1. The van der Waals surface area contributed by atoms with Gasteiger partial charge in [0, 0.05) is 5.02 Å². The molecule has 0 saturated carbocycles. The molecule has 11 heteroatoms. The summed E-state index contributed by atoms with van der Waals surface area (Å²) in [7, 11) is 0. The van der Waals surface area contributed by atoms with Crippen LogP contribution < -0.4 is 27.4 Å². The summed E-state index contributed by atoms with van der Waals surface area (Å²) in [5.41, 5.74) is 12.1. The smallest absolute Gasteiger partial charge is 0.243 e. The van der Waals surface area contributed by atoms with Crippen molar-refractivity contribution in [1.82, 2.24) is 16.0 Å². The Balaban J connectivity index is 2.62. The zero-order valence-electron chi connectivity index (χ0n) is 19.2. The molecule has 1 rings (SSSR count). The normalized spacial score (nSPS) is 13.6. The number of rotatable bonds is 14. The van der Waals surface area contributed by atoms with Gasteiger partial charge in [-0.1, -0.05) is 37.6 Å². The third-order valence-corrected chi connectivity index (χ3v) is 5.65. The van der Waals surface area contributed by atoms with Crippen molar-refractivity contribution < 1.29 is 19.2 Å². The summed E-state index contributed by atoms with van der Waals surface area (Å²) in [5, 5.41) is 8.31. The maximum atomic E-state index is 12.7. The van der Waals surface area contributed by atoms with Crippen LogP contribution in [0.3, 0.4) is 0 Å². The average molecular weight is 500 g/mol. The van der Waals surface area contributed by atoms with Crippen LogP contribution in [0.1, 0.15) is 32.3 Å². The van der Waals surface area contributed by atoms with E-state index in [1.54, 1.807) is 24.3 Å². The van der Waals surface area contributed by atoms with Gasteiger partial charge in [0.1, 0.15) is 12.1 Å². The van der Waals surface area contributed by atoms with Crippen molar-refractivity contribution in [2.45, 2.75) is 51.2 Å². The molecule has 184 valence electrons. The lowest BCUT2D eigenvalue weighted by atomic mass is 10.0. The second kappa shape index (κ2) is 14.8. The van der Waals surface area contributed by atoms with Crippen molar-refractivity contribution in [3.8, 4) is 0 Å². The van der Waals surface area contributed by atoms with Gasteiger partial charge in [-0.05, 0) is 54.9 Å². The first kappa shape index (κ1) is 28.7. The van der Waals surface area contributed by atoms with E-state index < -0.39 is 41.8 Å². The van der Waals surface area contributed by atoms with E-state index in [1.807, 2.05) is 20.1 Å². The lowest BCUT2D eigenvalue weighted by molar-refractivity contribution is -0.132. The first-order valence-electron chi connectivity index (χ1n) is 10.7. The maximum absolute atomic E-state index is 12.7. The molecule has 0 aromatic heterocycles. The second-order valence-corrected chi connectivity index (χ2v) is 9.57. The number of amides is 4. The highest BCUT2D eigenvalue weighted by atomic mass is 35.5. The SMILES string of the molecule is CSCC[C@H](NC(=O)[C@H](CC(C)C)NC(=O)CNC(=O)[C@@H](N)Cc1ccc(Cl)cc1)C(N)=O. The predicted octanol–water partition coefficient (Wildman–Crippen LogP) is 0.580. The number of hydrogen-bond acceptors (Lipinski definition) is 6. The number of carbonyl (C=O) groups is 4. The fraction of sp³-hybridized carbons (Fsp3) is 0.545. The Morgan fingerprint density at radius 2 is 1.67 bits per heavy atom. The Morgan fingerprint density at radius 1 is 1.03 bits per heavy atom. The topological polar surface area (TPSA) is 156 Å². The van der Waals surface area contributed by atoms with Gasteiger partial charge in [-0.3, -0.25) is 19.2 Å². The Kier molecular flexibility index (Phi) is 12.9. The van der Waals surface area contributed by atoms with Crippen LogP contribution in [0.4, 0.5) is 0 Å². The molecule has 0 spiro atoms. The summed E-state index contributed by atoms with van der Waals surface area (Å²) in [6.45, 7) is 3.48. The molecule has 1 aromatic carbocycles. The standard InChI is InChI=1S/C22H34ClN5O4S/c1-13(2)10-18(22(32)28-17(20(25)30)8-9-33-3)27-19(29)12-26-21(31)16(24)11-14-4-6-15(23)7-5-14/h4-7,13,16-18H,8-12,24H2,1-3H3,(H2,25,30)(H,26,31)(H,27,29)(H,28,32)/t16-,17-,18-/m0/s1. The zero-order valence-corrected chi connectivity index (χ0v) is 20.8. The Labute approximate surface area is 204 Å². The largest absolute Gasteiger partial charge is 0.368 e. The Bertz CT molecular complexity index is 806. The molecule has 0 aliphatic heterocycles. The molecule has 33 heavy (non-hydrogen) atoms. The molecule has 3 atom stereocenters. The van der Waals surface area contributed by atoms with Gasteiger partial charge in [0.25, 0.3) is 0 Å². The van der Waals surface area contributed by atoms with Crippen LogP contribution >= 0.6 is 23.4 Å². The molecule has 0 radical (unpaired) electrons. The molecule has 7 N–H and O–H groups in total. The van der Waals surface area contributed by atoms with E-state index in [0.29, 0.717) is 23.6 Å². The maximum Gasteiger partial charge on any atom is 0.243 e. The van der Waals surface area contributed by atoms with Gasteiger partial charge in [-0.15, -0.1) is 0 Å². The summed E-state index contributed by atoms with van der Waals surface area (Å²) in [6.07, 6.45) is 2.92. The van der Waals surface area contributed by atoms with E-state index >= 15 is 0 Å². The van der Waals surface area contributed by atoms with Crippen molar-refractivity contribution >= 4 is 47.0 Å². The first-order chi connectivity index (χ1) is 15.5. The molecule has 4 amide bonds. The zero-order chi connectivity index (χ0) is 25.0. The van der Waals surface area contributed by atoms with Gasteiger partial charge >= 0.3 is 0 Å². The third kappa shape index (κ3) is 11.4. The van der Waals surface area contributed by atoms with Crippen LogP contribution in [0, 0.1) is 5.92 Å². The third-order valence-electron chi connectivity index (χ3n) is 4.76. The number of nitrogens with one attached hydrogen (secondary N) is 3. The van der Waals surface area contributed by atoms with Crippen LogP contribution in [0.15, 0.2) is 24.3 Å². The van der Waals surface area contributed by atoms with Gasteiger partial charge in [0.2, 0.25) is 23.6 Å². The number of nitrogens with two attached hydrogens (primary N) is 2. The van der Waals surface area contributed by atoms with E-state index in [2.05, 4.69) is 16.0 Å². The van der Waals surface area contributed by atoms with Gasteiger partial charge in [-0.2, -0.15) is 11.8 Å². The quantitative estimate of drug-likeness (QED) is 0.252. The Hall–Kier alpha value is -2.30. The highest BCUT2D eigenvalue weighted by molar-refractivity contribution is 7.98. The van der Waals surface area contributed by atoms with E-state index in [9.17, 15) is 19.2 Å². The summed E-state index contributed by atoms with van der Waals surface area (Å²) >= 11 is 7.38. The molecule has 1 aromatic rings. The number of thioether (sulfide) groups is 1. The molecule has 0 unspecified atom stereocenters. The van der Waals surface area contributed by atoms with E-state index in [4.69, 9.17) is 23.1 Å². The molecular weight excluding hydrogens is 466 g/mol. The molecule has 0 saturated heterocycles. The van der Waals surface area contributed by atoms with Crippen LogP contribution in [0.5, 0.6) is 0 Å². The molecule has 9 nitrogen and oxygen atoms in total. The minimum absolute atomic E-state index is 0.0988. The molecule has 0 aliphatic rings.